The first kappa shape index (κ1) is 35.1. The smallest absolute Gasteiger partial charge is 0.408 e. The van der Waals surface area contributed by atoms with Crippen molar-refractivity contribution in [1.29, 1.82) is 0 Å². The second kappa shape index (κ2) is 14.6. The zero-order valence-electron chi connectivity index (χ0n) is 27.2. The number of rotatable bonds is 12. The summed E-state index contributed by atoms with van der Waals surface area (Å²) in [5.41, 5.74) is 5.89. The van der Waals surface area contributed by atoms with Crippen molar-refractivity contribution in [3.8, 4) is 0 Å². The third kappa shape index (κ3) is 10.9. The molecular weight excluding hydrogens is 576 g/mol. The predicted molar refractivity (Wildman–Crippen MR) is 169 cm³/mol. The molecule has 244 valence electrons. The van der Waals surface area contributed by atoms with E-state index >= 15 is 0 Å². The lowest BCUT2D eigenvalue weighted by atomic mass is 9.96. The van der Waals surface area contributed by atoms with E-state index in [1.54, 1.807) is 53.7 Å². The SMILES string of the molecule is Cc1ccccc1C(C(=O)NC(Cc1ccccc1)C(=O)OC(C)(C)C)N(C(=O)C(CC(N)=O)NC(=O)OC(C)(C)C)C1CC1. The van der Waals surface area contributed by atoms with Crippen molar-refractivity contribution >= 4 is 29.8 Å². The summed E-state index contributed by atoms with van der Waals surface area (Å²) in [7, 11) is 0. The quantitative estimate of drug-likeness (QED) is 0.303. The van der Waals surface area contributed by atoms with E-state index in [0.29, 0.717) is 18.4 Å². The minimum Gasteiger partial charge on any atom is -0.458 e. The first-order valence-electron chi connectivity index (χ1n) is 15.2. The van der Waals surface area contributed by atoms with Gasteiger partial charge in [0.25, 0.3) is 0 Å². The number of ether oxygens (including phenoxy) is 2. The van der Waals surface area contributed by atoms with Gasteiger partial charge in [0.2, 0.25) is 17.7 Å². The molecule has 0 radical (unpaired) electrons. The van der Waals surface area contributed by atoms with Crippen molar-refractivity contribution in [2.24, 2.45) is 5.73 Å². The molecule has 3 unspecified atom stereocenters. The van der Waals surface area contributed by atoms with Crippen LogP contribution in [0.1, 0.15) is 83.5 Å². The first-order chi connectivity index (χ1) is 20.9. The number of carbonyl (C=O) groups excluding carboxylic acids is 5. The molecule has 2 aromatic carbocycles. The molecule has 1 aliphatic rings. The molecule has 0 saturated heterocycles. The van der Waals surface area contributed by atoms with Crippen molar-refractivity contribution in [3.63, 3.8) is 0 Å². The van der Waals surface area contributed by atoms with E-state index in [9.17, 15) is 24.0 Å². The summed E-state index contributed by atoms with van der Waals surface area (Å²) in [4.78, 5) is 68.2. The number of benzene rings is 2. The normalized spacial score (nSPS) is 15.2. The van der Waals surface area contributed by atoms with Gasteiger partial charge in [0.05, 0.1) is 6.42 Å². The molecule has 0 heterocycles. The topological polar surface area (TPSA) is 157 Å². The molecule has 45 heavy (non-hydrogen) atoms. The number of hydrogen-bond donors (Lipinski definition) is 3. The van der Waals surface area contributed by atoms with Gasteiger partial charge in [-0.15, -0.1) is 0 Å². The summed E-state index contributed by atoms with van der Waals surface area (Å²) in [5, 5.41) is 5.36. The summed E-state index contributed by atoms with van der Waals surface area (Å²) >= 11 is 0. The fourth-order valence-electron chi connectivity index (χ4n) is 4.88. The van der Waals surface area contributed by atoms with Crippen LogP contribution >= 0.6 is 0 Å². The summed E-state index contributed by atoms with van der Waals surface area (Å²) in [5.74, 6) is -2.70. The molecule has 11 nitrogen and oxygen atoms in total. The molecule has 4 amide bonds. The van der Waals surface area contributed by atoms with Crippen molar-refractivity contribution in [1.82, 2.24) is 15.5 Å². The summed E-state index contributed by atoms with van der Waals surface area (Å²) in [6, 6.07) is 12.4. The fraction of sp³-hybridized carbons (Fsp3) is 0.500. The number of esters is 1. The van der Waals surface area contributed by atoms with Crippen molar-refractivity contribution in [2.75, 3.05) is 0 Å². The molecule has 4 N–H and O–H groups in total. The second-order valence-electron chi connectivity index (χ2n) is 13.4. The van der Waals surface area contributed by atoms with Gasteiger partial charge in [0.1, 0.15) is 29.3 Å². The Kier molecular flexibility index (Phi) is 11.4. The van der Waals surface area contributed by atoms with Crippen LogP contribution in [0.3, 0.4) is 0 Å². The lowest BCUT2D eigenvalue weighted by molar-refractivity contribution is -0.159. The highest BCUT2D eigenvalue weighted by Crippen LogP contribution is 2.37. The highest BCUT2D eigenvalue weighted by atomic mass is 16.6. The van der Waals surface area contributed by atoms with Crippen LogP contribution in [0.15, 0.2) is 54.6 Å². The molecule has 11 heteroatoms. The zero-order valence-corrected chi connectivity index (χ0v) is 27.2. The van der Waals surface area contributed by atoms with E-state index in [-0.39, 0.29) is 12.5 Å². The van der Waals surface area contributed by atoms with Crippen LogP contribution in [-0.4, -0.2) is 64.0 Å². The minimum atomic E-state index is -1.39. The van der Waals surface area contributed by atoms with Gasteiger partial charge in [-0.2, -0.15) is 0 Å². The van der Waals surface area contributed by atoms with E-state index in [1.165, 1.54) is 4.90 Å². The molecular formula is C34H46N4O7. The number of hydrogen-bond acceptors (Lipinski definition) is 7. The number of aryl methyl sites for hydroxylation is 1. The van der Waals surface area contributed by atoms with Crippen LogP contribution in [0, 0.1) is 6.92 Å². The average molecular weight is 623 g/mol. The average Bonchev–Trinajstić information content (AvgIpc) is 3.74. The molecule has 0 bridgehead atoms. The Bertz CT molecular complexity index is 1380. The molecule has 0 aliphatic heterocycles. The lowest BCUT2D eigenvalue weighted by Gasteiger charge is -2.36. The summed E-state index contributed by atoms with van der Waals surface area (Å²) in [6.45, 7) is 12.1. The number of nitrogens with one attached hydrogen (secondary N) is 2. The highest BCUT2D eigenvalue weighted by molar-refractivity contribution is 5.96. The Labute approximate surface area is 265 Å². The Hall–Kier alpha value is -4.41. The Morgan fingerprint density at radius 3 is 1.96 bits per heavy atom. The molecule has 1 fully saturated rings. The maximum absolute atomic E-state index is 14.4. The van der Waals surface area contributed by atoms with Crippen LogP contribution < -0.4 is 16.4 Å². The van der Waals surface area contributed by atoms with Crippen LogP contribution in [0.4, 0.5) is 4.79 Å². The van der Waals surface area contributed by atoms with E-state index < -0.39 is 65.5 Å². The minimum absolute atomic E-state index is 0.157. The highest BCUT2D eigenvalue weighted by Gasteiger charge is 2.45. The fourth-order valence-corrected chi connectivity index (χ4v) is 4.88. The number of carbonyl (C=O) groups is 5. The van der Waals surface area contributed by atoms with Crippen LogP contribution in [0.25, 0.3) is 0 Å². The van der Waals surface area contributed by atoms with Gasteiger partial charge in [0.15, 0.2) is 0 Å². The van der Waals surface area contributed by atoms with Gasteiger partial charge in [-0.1, -0.05) is 54.6 Å². The summed E-state index contributed by atoms with van der Waals surface area (Å²) < 4.78 is 11.0. The third-order valence-electron chi connectivity index (χ3n) is 6.89. The zero-order chi connectivity index (χ0) is 33.5. The second-order valence-corrected chi connectivity index (χ2v) is 13.4. The Morgan fingerprint density at radius 2 is 1.42 bits per heavy atom. The molecule has 3 rings (SSSR count). The Balaban J connectivity index is 2.04. The molecule has 1 saturated carbocycles. The number of primary amides is 1. The number of nitrogens with two attached hydrogens (primary N) is 1. The van der Waals surface area contributed by atoms with Crippen molar-refractivity contribution < 1.29 is 33.4 Å². The van der Waals surface area contributed by atoms with Crippen LogP contribution in [0.5, 0.6) is 0 Å². The molecule has 0 spiro atoms. The maximum Gasteiger partial charge on any atom is 0.408 e. The van der Waals surface area contributed by atoms with Gasteiger partial charge in [-0.3, -0.25) is 14.4 Å². The van der Waals surface area contributed by atoms with Gasteiger partial charge < -0.3 is 30.7 Å². The first-order valence-corrected chi connectivity index (χ1v) is 15.2. The number of nitrogens with zero attached hydrogens (tertiary/aromatic N) is 1. The number of alkyl carbamates (subject to hydrolysis) is 1. The van der Waals surface area contributed by atoms with E-state index in [0.717, 1.165) is 11.1 Å². The summed E-state index contributed by atoms with van der Waals surface area (Å²) in [6.07, 6.45) is -0.0303. The van der Waals surface area contributed by atoms with E-state index in [4.69, 9.17) is 15.2 Å². The predicted octanol–water partition coefficient (Wildman–Crippen LogP) is 3.87. The van der Waals surface area contributed by atoms with Gasteiger partial charge in [-0.25, -0.2) is 9.59 Å². The largest absolute Gasteiger partial charge is 0.458 e. The molecule has 3 atom stereocenters. The molecule has 0 aromatic heterocycles. The molecule has 1 aliphatic carbocycles. The van der Waals surface area contributed by atoms with Gasteiger partial charge >= 0.3 is 12.1 Å². The van der Waals surface area contributed by atoms with Crippen LogP contribution in [-0.2, 0) is 35.1 Å². The van der Waals surface area contributed by atoms with Gasteiger partial charge in [-0.05, 0) is 78.0 Å². The van der Waals surface area contributed by atoms with Crippen molar-refractivity contribution in [2.45, 2.75) is 110 Å². The molecule has 2 aromatic rings. The number of amides is 4. The lowest BCUT2D eigenvalue weighted by Crippen LogP contribution is -2.56. The van der Waals surface area contributed by atoms with Crippen LogP contribution in [0.2, 0.25) is 0 Å². The standard InChI is InChI=1S/C34H46N4O7/c1-21-13-11-12-16-24(21)28(29(40)36-26(31(42)44-33(2,3)4)19-22-14-9-8-10-15-22)38(23-17-18-23)30(41)25(20-27(35)39)37-32(43)45-34(5,6)7/h8-16,23,25-26,28H,17-20H2,1-7H3,(H2,35,39)(H,36,40)(H,37,43). The monoisotopic (exact) mass is 622 g/mol. The Morgan fingerprint density at radius 1 is 0.844 bits per heavy atom. The van der Waals surface area contributed by atoms with Gasteiger partial charge in [0, 0.05) is 12.5 Å². The maximum atomic E-state index is 14.4. The van der Waals surface area contributed by atoms with E-state index in [2.05, 4.69) is 10.6 Å². The third-order valence-corrected chi connectivity index (χ3v) is 6.89. The van der Waals surface area contributed by atoms with Crippen molar-refractivity contribution in [3.05, 3.63) is 71.3 Å². The van der Waals surface area contributed by atoms with E-state index in [1.807, 2.05) is 49.4 Å².